The van der Waals surface area contributed by atoms with Crippen LogP contribution in [0.4, 0.5) is 5.69 Å². The van der Waals surface area contributed by atoms with Crippen LogP contribution >= 0.6 is 0 Å². The van der Waals surface area contributed by atoms with Crippen molar-refractivity contribution in [3.8, 4) is 6.07 Å². The van der Waals surface area contributed by atoms with Crippen LogP contribution in [-0.4, -0.2) is 17.8 Å². The average Bonchev–Trinajstić information content (AvgIpc) is 2.27. The van der Waals surface area contributed by atoms with Gasteiger partial charge in [0.1, 0.15) is 0 Å². The summed E-state index contributed by atoms with van der Waals surface area (Å²) in [6.45, 7) is 6.56. The van der Waals surface area contributed by atoms with Crippen molar-refractivity contribution >= 4 is 5.69 Å². The summed E-state index contributed by atoms with van der Waals surface area (Å²) in [5.74, 6) is 0. The number of anilines is 1. The van der Waals surface area contributed by atoms with Gasteiger partial charge >= 0.3 is 0 Å². The first kappa shape index (κ1) is 13.5. The topological polar surface area (TPSA) is 56.0 Å². The average molecular weight is 232 g/mol. The van der Waals surface area contributed by atoms with Gasteiger partial charge in [0.2, 0.25) is 0 Å². The van der Waals surface area contributed by atoms with Crippen LogP contribution in [0.3, 0.4) is 0 Å². The highest BCUT2D eigenvalue weighted by Crippen LogP contribution is 2.25. The zero-order chi connectivity index (χ0) is 12.9. The molecule has 1 aromatic rings. The second kappa shape index (κ2) is 5.70. The van der Waals surface area contributed by atoms with Gasteiger partial charge in [-0.1, -0.05) is 26.8 Å². The van der Waals surface area contributed by atoms with Crippen LogP contribution in [0.1, 0.15) is 32.8 Å². The SMILES string of the molecule is CC(C)(C)C(CCO)Nc1cccc(C#N)c1. The Bertz CT molecular complexity index is 401. The van der Waals surface area contributed by atoms with Crippen molar-refractivity contribution in [1.82, 2.24) is 0 Å². The fourth-order valence-electron chi connectivity index (χ4n) is 1.73. The third-order valence-corrected chi connectivity index (χ3v) is 2.80. The van der Waals surface area contributed by atoms with Crippen LogP contribution in [0.15, 0.2) is 24.3 Å². The molecule has 0 radical (unpaired) electrons. The Morgan fingerprint density at radius 2 is 2.12 bits per heavy atom. The molecule has 17 heavy (non-hydrogen) atoms. The molecule has 0 saturated carbocycles. The van der Waals surface area contributed by atoms with Crippen molar-refractivity contribution < 1.29 is 5.11 Å². The third kappa shape index (κ3) is 4.08. The highest BCUT2D eigenvalue weighted by atomic mass is 16.3. The number of nitrogens with one attached hydrogen (secondary N) is 1. The summed E-state index contributed by atoms with van der Waals surface area (Å²) in [5, 5.41) is 21.3. The number of aliphatic hydroxyl groups excluding tert-OH is 1. The second-order valence-corrected chi connectivity index (χ2v) is 5.27. The van der Waals surface area contributed by atoms with Gasteiger partial charge in [-0.05, 0) is 30.0 Å². The van der Waals surface area contributed by atoms with Gasteiger partial charge in [-0.15, -0.1) is 0 Å². The smallest absolute Gasteiger partial charge is 0.0992 e. The standard InChI is InChI=1S/C14H20N2O/c1-14(2,3)13(7-8-17)16-12-6-4-5-11(9-12)10-15/h4-6,9,13,16-17H,7-8H2,1-3H3. The molecule has 0 amide bonds. The number of rotatable bonds is 4. The highest BCUT2D eigenvalue weighted by Gasteiger charge is 2.23. The predicted molar refractivity (Wildman–Crippen MR) is 69.7 cm³/mol. The molecule has 0 bridgehead atoms. The summed E-state index contributed by atoms with van der Waals surface area (Å²) in [5.41, 5.74) is 1.63. The first-order chi connectivity index (χ1) is 7.97. The van der Waals surface area contributed by atoms with E-state index in [4.69, 9.17) is 10.4 Å². The Morgan fingerprint density at radius 1 is 1.41 bits per heavy atom. The summed E-state index contributed by atoms with van der Waals surface area (Å²) in [6, 6.07) is 9.72. The maximum Gasteiger partial charge on any atom is 0.0992 e. The van der Waals surface area contributed by atoms with Gasteiger partial charge in [0.05, 0.1) is 11.6 Å². The lowest BCUT2D eigenvalue weighted by molar-refractivity contribution is 0.235. The minimum absolute atomic E-state index is 0.0609. The Kier molecular flexibility index (Phi) is 4.53. The number of nitrogens with zero attached hydrogens (tertiary/aromatic N) is 1. The zero-order valence-corrected chi connectivity index (χ0v) is 10.7. The van der Waals surface area contributed by atoms with Crippen LogP contribution in [0, 0.1) is 16.7 Å². The molecular weight excluding hydrogens is 212 g/mol. The lowest BCUT2D eigenvalue weighted by Crippen LogP contribution is -2.34. The molecular formula is C14H20N2O. The molecule has 3 nitrogen and oxygen atoms in total. The zero-order valence-electron chi connectivity index (χ0n) is 10.7. The summed E-state index contributed by atoms with van der Waals surface area (Å²) in [4.78, 5) is 0. The number of benzene rings is 1. The molecule has 3 heteroatoms. The Labute approximate surface area is 103 Å². The van der Waals surface area contributed by atoms with E-state index in [0.29, 0.717) is 12.0 Å². The van der Waals surface area contributed by atoms with Crippen LogP contribution < -0.4 is 5.32 Å². The summed E-state index contributed by atoms with van der Waals surface area (Å²) < 4.78 is 0. The van der Waals surface area contributed by atoms with Crippen molar-refractivity contribution in [1.29, 1.82) is 5.26 Å². The molecule has 1 aromatic carbocycles. The maximum atomic E-state index is 9.09. The highest BCUT2D eigenvalue weighted by molar-refractivity contribution is 5.50. The second-order valence-electron chi connectivity index (χ2n) is 5.27. The lowest BCUT2D eigenvalue weighted by atomic mass is 9.84. The van der Waals surface area contributed by atoms with E-state index in [1.165, 1.54) is 0 Å². The normalized spacial score (nSPS) is 12.9. The van der Waals surface area contributed by atoms with E-state index in [2.05, 4.69) is 32.2 Å². The van der Waals surface area contributed by atoms with E-state index in [0.717, 1.165) is 5.69 Å². The first-order valence-corrected chi connectivity index (χ1v) is 5.85. The monoisotopic (exact) mass is 232 g/mol. The van der Waals surface area contributed by atoms with E-state index < -0.39 is 0 Å². The van der Waals surface area contributed by atoms with E-state index >= 15 is 0 Å². The molecule has 0 aliphatic carbocycles. The first-order valence-electron chi connectivity index (χ1n) is 5.85. The van der Waals surface area contributed by atoms with Crippen LogP contribution in [0.25, 0.3) is 0 Å². The minimum atomic E-state index is 0.0609. The lowest BCUT2D eigenvalue weighted by Gasteiger charge is -2.32. The van der Waals surface area contributed by atoms with Crippen molar-refractivity contribution in [3.63, 3.8) is 0 Å². The van der Waals surface area contributed by atoms with Crippen molar-refractivity contribution in [3.05, 3.63) is 29.8 Å². The van der Waals surface area contributed by atoms with Gasteiger partial charge in [0.15, 0.2) is 0 Å². The quantitative estimate of drug-likeness (QED) is 0.839. The molecule has 0 aliphatic rings. The number of nitriles is 1. The maximum absolute atomic E-state index is 9.09. The van der Waals surface area contributed by atoms with E-state index in [1.807, 2.05) is 18.2 Å². The molecule has 92 valence electrons. The van der Waals surface area contributed by atoms with Crippen LogP contribution in [-0.2, 0) is 0 Å². The summed E-state index contributed by atoms with van der Waals surface area (Å²) >= 11 is 0. The van der Waals surface area contributed by atoms with Gasteiger partial charge in [0, 0.05) is 18.3 Å². The van der Waals surface area contributed by atoms with Crippen molar-refractivity contribution in [2.45, 2.75) is 33.2 Å². The molecule has 1 atom stereocenters. The fraction of sp³-hybridized carbons (Fsp3) is 0.500. The fourth-order valence-corrected chi connectivity index (χ4v) is 1.73. The van der Waals surface area contributed by atoms with Gasteiger partial charge in [-0.3, -0.25) is 0 Å². The third-order valence-electron chi connectivity index (χ3n) is 2.80. The van der Waals surface area contributed by atoms with Crippen LogP contribution in [0.5, 0.6) is 0 Å². The Hall–Kier alpha value is -1.53. The minimum Gasteiger partial charge on any atom is -0.396 e. The summed E-state index contributed by atoms with van der Waals surface area (Å²) in [7, 11) is 0. The van der Waals surface area contributed by atoms with Crippen molar-refractivity contribution in [2.24, 2.45) is 5.41 Å². The number of aliphatic hydroxyl groups is 1. The van der Waals surface area contributed by atoms with Gasteiger partial charge < -0.3 is 10.4 Å². The molecule has 0 aliphatic heterocycles. The molecule has 0 spiro atoms. The van der Waals surface area contributed by atoms with Gasteiger partial charge in [-0.25, -0.2) is 0 Å². The Morgan fingerprint density at radius 3 is 2.65 bits per heavy atom. The molecule has 0 heterocycles. The van der Waals surface area contributed by atoms with E-state index in [1.54, 1.807) is 6.07 Å². The number of hydrogen-bond donors (Lipinski definition) is 2. The van der Waals surface area contributed by atoms with E-state index in [-0.39, 0.29) is 18.1 Å². The predicted octanol–water partition coefficient (Wildman–Crippen LogP) is 2.77. The van der Waals surface area contributed by atoms with Gasteiger partial charge in [-0.2, -0.15) is 5.26 Å². The van der Waals surface area contributed by atoms with Crippen LogP contribution in [0.2, 0.25) is 0 Å². The molecule has 1 rings (SSSR count). The Balaban J connectivity index is 2.83. The number of hydrogen-bond acceptors (Lipinski definition) is 3. The largest absolute Gasteiger partial charge is 0.396 e. The molecule has 0 saturated heterocycles. The summed E-state index contributed by atoms with van der Waals surface area (Å²) in [6.07, 6.45) is 0.695. The molecule has 1 unspecified atom stereocenters. The molecule has 2 N–H and O–H groups in total. The van der Waals surface area contributed by atoms with Gasteiger partial charge in [0.25, 0.3) is 0 Å². The molecule has 0 fully saturated rings. The molecule has 0 aromatic heterocycles. The van der Waals surface area contributed by atoms with E-state index in [9.17, 15) is 0 Å². The van der Waals surface area contributed by atoms with Crippen molar-refractivity contribution in [2.75, 3.05) is 11.9 Å².